The van der Waals surface area contributed by atoms with Crippen LogP contribution in [-0.2, 0) is 0 Å². The zero-order chi connectivity index (χ0) is 11.4. The molecule has 5 N–H and O–H groups in total. The van der Waals surface area contributed by atoms with Crippen LogP contribution in [-0.4, -0.2) is 25.7 Å². The van der Waals surface area contributed by atoms with E-state index in [0.717, 1.165) is 26.1 Å². The molecule has 0 rings (SSSR count). The van der Waals surface area contributed by atoms with Crippen LogP contribution < -0.4 is 16.8 Å². The molecule has 1 unspecified atom stereocenters. The number of nitrogens with two attached hydrogens (primary N) is 2. The molecule has 3 nitrogen and oxygen atoms in total. The molecule has 0 aromatic carbocycles. The summed E-state index contributed by atoms with van der Waals surface area (Å²) in [5, 5.41) is 3.45. The molecule has 3 heteroatoms. The molecule has 0 aliphatic rings. The van der Waals surface area contributed by atoms with Gasteiger partial charge in [0.15, 0.2) is 0 Å². The van der Waals surface area contributed by atoms with Crippen LogP contribution in [0.15, 0.2) is 0 Å². The van der Waals surface area contributed by atoms with Crippen molar-refractivity contribution in [3.05, 3.63) is 0 Å². The SMILES string of the molecule is CC(N)CCCNCCCCCCCN. The molecule has 0 aliphatic heterocycles. The van der Waals surface area contributed by atoms with Gasteiger partial charge in [-0.25, -0.2) is 0 Å². The normalized spacial score (nSPS) is 13.0. The van der Waals surface area contributed by atoms with Crippen LogP contribution in [0.1, 0.15) is 51.9 Å². The summed E-state index contributed by atoms with van der Waals surface area (Å²) in [6.07, 6.45) is 8.76. The number of hydrogen-bond donors (Lipinski definition) is 3. The van der Waals surface area contributed by atoms with Crippen LogP contribution in [0.3, 0.4) is 0 Å². The Morgan fingerprint density at radius 3 is 2.20 bits per heavy atom. The van der Waals surface area contributed by atoms with Gasteiger partial charge < -0.3 is 16.8 Å². The first-order valence-electron chi connectivity index (χ1n) is 6.43. The van der Waals surface area contributed by atoms with Crippen LogP contribution in [0.4, 0.5) is 0 Å². The third-order valence-corrected chi connectivity index (χ3v) is 2.57. The van der Waals surface area contributed by atoms with Gasteiger partial charge in [-0.1, -0.05) is 19.3 Å². The van der Waals surface area contributed by atoms with Crippen molar-refractivity contribution in [2.75, 3.05) is 19.6 Å². The van der Waals surface area contributed by atoms with Crippen molar-refractivity contribution in [2.45, 2.75) is 57.9 Å². The van der Waals surface area contributed by atoms with Gasteiger partial charge in [0.25, 0.3) is 0 Å². The van der Waals surface area contributed by atoms with Gasteiger partial charge in [-0.05, 0) is 52.2 Å². The average molecular weight is 215 g/mol. The maximum absolute atomic E-state index is 5.66. The highest BCUT2D eigenvalue weighted by atomic mass is 14.8. The summed E-state index contributed by atoms with van der Waals surface area (Å²) in [6.45, 7) is 5.18. The fourth-order valence-electron chi connectivity index (χ4n) is 1.60. The molecule has 0 aromatic rings. The first kappa shape index (κ1) is 14.9. The lowest BCUT2D eigenvalue weighted by atomic mass is 10.1. The highest BCUT2D eigenvalue weighted by molar-refractivity contribution is 4.55. The first-order chi connectivity index (χ1) is 7.27. The molecule has 0 heterocycles. The van der Waals surface area contributed by atoms with E-state index in [1.807, 2.05) is 0 Å². The molecule has 0 saturated heterocycles. The molecule has 0 fully saturated rings. The minimum Gasteiger partial charge on any atom is -0.330 e. The Balaban J connectivity index is 2.87. The van der Waals surface area contributed by atoms with E-state index in [-0.39, 0.29) is 0 Å². The molecule has 15 heavy (non-hydrogen) atoms. The third kappa shape index (κ3) is 13.9. The van der Waals surface area contributed by atoms with Gasteiger partial charge >= 0.3 is 0 Å². The summed E-state index contributed by atoms with van der Waals surface area (Å²) in [7, 11) is 0. The molecule has 1 atom stereocenters. The van der Waals surface area contributed by atoms with E-state index in [2.05, 4.69) is 12.2 Å². The van der Waals surface area contributed by atoms with Crippen molar-refractivity contribution in [3.63, 3.8) is 0 Å². The Morgan fingerprint density at radius 1 is 0.933 bits per heavy atom. The summed E-state index contributed by atoms with van der Waals surface area (Å²) in [6, 6.07) is 0.350. The van der Waals surface area contributed by atoms with Crippen molar-refractivity contribution >= 4 is 0 Å². The second-order valence-corrected chi connectivity index (χ2v) is 4.43. The molecular weight excluding hydrogens is 186 g/mol. The van der Waals surface area contributed by atoms with E-state index < -0.39 is 0 Å². The molecule has 92 valence electrons. The lowest BCUT2D eigenvalue weighted by molar-refractivity contribution is 0.545. The van der Waals surface area contributed by atoms with Gasteiger partial charge in [-0.15, -0.1) is 0 Å². The predicted molar refractivity (Wildman–Crippen MR) is 67.9 cm³/mol. The van der Waals surface area contributed by atoms with Crippen molar-refractivity contribution in [1.29, 1.82) is 0 Å². The van der Waals surface area contributed by atoms with Crippen LogP contribution in [0.2, 0.25) is 0 Å². The Bertz CT molecular complexity index is 115. The molecular formula is C12H29N3. The fraction of sp³-hybridized carbons (Fsp3) is 1.00. The maximum atomic E-state index is 5.66. The smallest absolute Gasteiger partial charge is 0.00109 e. The van der Waals surface area contributed by atoms with Crippen LogP contribution >= 0.6 is 0 Å². The summed E-state index contributed by atoms with van der Waals surface area (Å²) >= 11 is 0. The van der Waals surface area contributed by atoms with Crippen LogP contribution in [0.25, 0.3) is 0 Å². The molecule has 0 radical (unpaired) electrons. The van der Waals surface area contributed by atoms with Gasteiger partial charge in [0.2, 0.25) is 0 Å². The molecule has 0 aliphatic carbocycles. The van der Waals surface area contributed by atoms with E-state index in [4.69, 9.17) is 11.5 Å². The van der Waals surface area contributed by atoms with Gasteiger partial charge in [-0.3, -0.25) is 0 Å². The Hall–Kier alpha value is -0.120. The quantitative estimate of drug-likeness (QED) is 0.459. The number of hydrogen-bond acceptors (Lipinski definition) is 3. The van der Waals surface area contributed by atoms with Gasteiger partial charge in [0.1, 0.15) is 0 Å². The second-order valence-electron chi connectivity index (χ2n) is 4.43. The number of nitrogens with one attached hydrogen (secondary N) is 1. The highest BCUT2D eigenvalue weighted by Crippen LogP contribution is 2.01. The van der Waals surface area contributed by atoms with Crippen LogP contribution in [0, 0.1) is 0 Å². The lowest BCUT2D eigenvalue weighted by Gasteiger charge is -2.06. The van der Waals surface area contributed by atoms with Crippen LogP contribution in [0.5, 0.6) is 0 Å². The Morgan fingerprint density at radius 2 is 1.53 bits per heavy atom. The van der Waals surface area contributed by atoms with E-state index in [9.17, 15) is 0 Å². The topological polar surface area (TPSA) is 64.1 Å². The minimum absolute atomic E-state index is 0.350. The van der Waals surface area contributed by atoms with Crippen molar-refractivity contribution in [2.24, 2.45) is 11.5 Å². The summed E-state index contributed by atoms with van der Waals surface area (Å²) in [5.41, 5.74) is 11.1. The maximum Gasteiger partial charge on any atom is 0.00109 e. The van der Waals surface area contributed by atoms with Gasteiger partial charge in [-0.2, -0.15) is 0 Å². The van der Waals surface area contributed by atoms with Gasteiger partial charge in [0.05, 0.1) is 0 Å². The van der Waals surface area contributed by atoms with Crippen molar-refractivity contribution in [3.8, 4) is 0 Å². The third-order valence-electron chi connectivity index (χ3n) is 2.57. The van der Waals surface area contributed by atoms with E-state index in [1.165, 1.54) is 38.5 Å². The average Bonchev–Trinajstić information content (AvgIpc) is 2.20. The second kappa shape index (κ2) is 12.0. The zero-order valence-electron chi connectivity index (χ0n) is 10.3. The zero-order valence-corrected chi connectivity index (χ0v) is 10.3. The first-order valence-corrected chi connectivity index (χ1v) is 6.43. The molecule has 0 saturated carbocycles. The highest BCUT2D eigenvalue weighted by Gasteiger charge is 1.93. The van der Waals surface area contributed by atoms with E-state index in [1.54, 1.807) is 0 Å². The monoisotopic (exact) mass is 215 g/mol. The summed E-state index contributed by atoms with van der Waals surface area (Å²) in [4.78, 5) is 0. The standard InChI is InChI=1S/C12H29N3/c1-12(14)8-7-11-15-10-6-4-2-3-5-9-13/h12,15H,2-11,13-14H2,1H3. The predicted octanol–water partition coefficient (Wildman–Crippen LogP) is 1.61. The minimum atomic E-state index is 0.350. The van der Waals surface area contributed by atoms with E-state index >= 15 is 0 Å². The summed E-state index contributed by atoms with van der Waals surface area (Å²) in [5.74, 6) is 0. The Kier molecular flexibility index (Phi) is 11.9. The van der Waals surface area contributed by atoms with E-state index in [0.29, 0.717) is 6.04 Å². The number of unbranched alkanes of at least 4 members (excludes halogenated alkanes) is 4. The largest absolute Gasteiger partial charge is 0.330 e. The number of rotatable bonds is 11. The molecule has 0 aromatic heterocycles. The molecule has 0 spiro atoms. The lowest BCUT2D eigenvalue weighted by Crippen LogP contribution is -2.20. The van der Waals surface area contributed by atoms with Crippen molar-refractivity contribution < 1.29 is 0 Å². The van der Waals surface area contributed by atoms with Crippen molar-refractivity contribution in [1.82, 2.24) is 5.32 Å². The molecule has 0 amide bonds. The fourth-order valence-corrected chi connectivity index (χ4v) is 1.60. The Labute approximate surface area is 95.0 Å². The molecule has 0 bridgehead atoms. The summed E-state index contributed by atoms with van der Waals surface area (Å²) < 4.78 is 0. The van der Waals surface area contributed by atoms with Gasteiger partial charge in [0, 0.05) is 6.04 Å².